The van der Waals surface area contributed by atoms with E-state index in [-0.39, 0.29) is 16.5 Å². The van der Waals surface area contributed by atoms with E-state index in [0.717, 1.165) is 0 Å². The number of aliphatic hydroxyl groups is 1. The summed E-state index contributed by atoms with van der Waals surface area (Å²) in [6.07, 6.45) is 1.33. The number of ether oxygens (including phenoxy) is 1. The Morgan fingerprint density at radius 2 is 1.82 bits per heavy atom. The fourth-order valence-corrected chi connectivity index (χ4v) is 5.56. The number of pyridine rings is 1. The molecule has 0 bridgehead atoms. The van der Waals surface area contributed by atoms with Crippen molar-refractivity contribution in [2.45, 2.75) is 17.1 Å². The Hall–Kier alpha value is -3.91. The summed E-state index contributed by atoms with van der Waals surface area (Å²) in [7, 11) is 0. The SMILES string of the molecule is N#Cc1ccc([C@@]23Oc4cc(Cl)cnc4[C@@]2(O)[C@@H](C#N)[C@H](C(=O)O)[C@H]3c2ccccc2)cc1. The van der Waals surface area contributed by atoms with Crippen LogP contribution in [-0.4, -0.2) is 21.2 Å². The number of benzene rings is 2. The molecule has 0 unspecified atom stereocenters. The number of carboxylic acid groups (broad SMARTS) is 1. The van der Waals surface area contributed by atoms with Crippen LogP contribution in [0, 0.1) is 34.5 Å². The van der Waals surface area contributed by atoms with Gasteiger partial charge >= 0.3 is 5.97 Å². The molecule has 0 spiro atoms. The van der Waals surface area contributed by atoms with Gasteiger partial charge in [-0.25, -0.2) is 0 Å². The maximum absolute atomic E-state index is 12.6. The number of fused-ring (bicyclic) bond motifs is 3. The Morgan fingerprint density at radius 1 is 1.12 bits per heavy atom. The van der Waals surface area contributed by atoms with Gasteiger partial charge in [0.05, 0.1) is 34.6 Å². The van der Waals surface area contributed by atoms with Crippen LogP contribution in [0.4, 0.5) is 0 Å². The van der Waals surface area contributed by atoms with Gasteiger partial charge in [-0.2, -0.15) is 10.5 Å². The zero-order valence-corrected chi connectivity index (χ0v) is 17.8. The fourth-order valence-electron chi connectivity index (χ4n) is 5.41. The van der Waals surface area contributed by atoms with Gasteiger partial charge in [-0.15, -0.1) is 0 Å². The van der Waals surface area contributed by atoms with Gasteiger partial charge in [-0.3, -0.25) is 9.78 Å². The van der Waals surface area contributed by atoms with Crippen LogP contribution >= 0.6 is 11.6 Å². The van der Waals surface area contributed by atoms with E-state index in [2.05, 4.69) is 4.98 Å². The second-order valence-corrected chi connectivity index (χ2v) is 8.59. The van der Waals surface area contributed by atoms with Crippen LogP contribution < -0.4 is 4.74 Å². The molecule has 3 aromatic rings. The van der Waals surface area contributed by atoms with Crippen molar-refractivity contribution in [2.75, 3.05) is 0 Å². The molecule has 0 saturated heterocycles. The third-order valence-corrected chi connectivity index (χ3v) is 6.86. The number of aliphatic carboxylic acids is 1. The molecule has 1 aliphatic carbocycles. The van der Waals surface area contributed by atoms with Crippen molar-refractivity contribution in [2.24, 2.45) is 11.8 Å². The molecule has 162 valence electrons. The minimum atomic E-state index is -2.10. The summed E-state index contributed by atoms with van der Waals surface area (Å²) in [6, 6.07) is 20.8. The predicted molar refractivity (Wildman–Crippen MR) is 116 cm³/mol. The Labute approximate surface area is 194 Å². The van der Waals surface area contributed by atoms with E-state index in [0.29, 0.717) is 16.7 Å². The molecule has 0 radical (unpaired) electrons. The molecule has 1 saturated carbocycles. The topological polar surface area (TPSA) is 127 Å². The smallest absolute Gasteiger partial charge is 0.308 e. The van der Waals surface area contributed by atoms with Crippen LogP contribution in [0.25, 0.3) is 0 Å². The monoisotopic (exact) mass is 457 g/mol. The van der Waals surface area contributed by atoms with E-state index < -0.39 is 34.9 Å². The summed E-state index contributed by atoms with van der Waals surface area (Å²) in [5.41, 5.74) is -2.34. The molecule has 1 aromatic heterocycles. The maximum Gasteiger partial charge on any atom is 0.308 e. The lowest BCUT2D eigenvalue weighted by atomic mass is 9.71. The molecule has 7 nitrogen and oxygen atoms in total. The average molecular weight is 458 g/mol. The van der Waals surface area contributed by atoms with Crippen molar-refractivity contribution < 1.29 is 19.7 Å². The molecular formula is C25H16ClN3O4. The predicted octanol–water partition coefficient (Wildman–Crippen LogP) is 3.72. The molecule has 1 aliphatic heterocycles. The lowest BCUT2D eigenvalue weighted by molar-refractivity contribution is -0.144. The highest BCUT2D eigenvalue weighted by atomic mass is 35.5. The Balaban J connectivity index is 1.90. The normalized spacial score (nSPS) is 29.3. The quantitative estimate of drug-likeness (QED) is 0.613. The van der Waals surface area contributed by atoms with Gasteiger partial charge in [-0.05, 0) is 23.3 Å². The second kappa shape index (κ2) is 7.31. The molecule has 2 aliphatic rings. The van der Waals surface area contributed by atoms with Crippen molar-refractivity contribution >= 4 is 17.6 Å². The van der Waals surface area contributed by atoms with E-state index in [1.54, 1.807) is 54.6 Å². The number of rotatable bonds is 3. The molecule has 2 N–H and O–H groups in total. The minimum absolute atomic E-state index is 0.0625. The Morgan fingerprint density at radius 3 is 2.42 bits per heavy atom. The molecule has 5 rings (SSSR count). The van der Waals surface area contributed by atoms with Crippen LogP contribution in [0.3, 0.4) is 0 Å². The lowest BCUT2D eigenvalue weighted by Gasteiger charge is -2.40. The fraction of sp³-hybridized carbons (Fsp3) is 0.200. The van der Waals surface area contributed by atoms with Crippen LogP contribution in [0.2, 0.25) is 5.02 Å². The van der Waals surface area contributed by atoms with Gasteiger partial charge in [0.1, 0.15) is 11.4 Å². The van der Waals surface area contributed by atoms with Gasteiger partial charge in [0, 0.05) is 18.2 Å². The van der Waals surface area contributed by atoms with Gasteiger partial charge in [0.15, 0.2) is 11.2 Å². The van der Waals surface area contributed by atoms with Gasteiger partial charge < -0.3 is 14.9 Å². The van der Waals surface area contributed by atoms with Crippen molar-refractivity contribution in [1.29, 1.82) is 10.5 Å². The maximum atomic E-state index is 12.6. The van der Waals surface area contributed by atoms with Gasteiger partial charge in [0.2, 0.25) is 0 Å². The van der Waals surface area contributed by atoms with Gasteiger partial charge in [0.25, 0.3) is 0 Å². The molecule has 5 atom stereocenters. The molecule has 1 fully saturated rings. The summed E-state index contributed by atoms with van der Waals surface area (Å²) in [6.45, 7) is 0. The van der Waals surface area contributed by atoms with E-state index in [9.17, 15) is 25.5 Å². The van der Waals surface area contributed by atoms with Crippen LogP contribution in [-0.2, 0) is 16.0 Å². The highest BCUT2D eigenvalue weighted by Gasteiger charge is 2.78. The third kappa shape index (κ3) is 2.64. The Bertz CT molecular complexity index is 1350. The number of hydrogen-bond acceptors (Lipinski definition) is 6. The molecule has 2 heterocycles. The number of nitriles is 2. The highest BCUT2D eigenvalue weighted by Crippen LogP contribution is 2.70. The van der Waals surface area contributed by atoms with Crippen molar-refractivity contribution in [3.63, 3.8) is 0 Å². The van der Waals surface area contributed by atoms with E-state index >= 15 is 0 Å². The van der Waals surface area contributed by atoms with E-state index in [1.807, 2.05) is 12.1 Å². The minimum Gasteiger partial charge on any atom is -0.481 e. The van der Waals surface area contributed by atoms with Crippen molar-refractivity contribution in [3.8, 4) is 17.9 Å². The summed E-state index contributed by atoms with van der Waals surface area (Å²) >= 11 is 6.14. The molecule has 2 aromatic carbocycles. The number of nitrogens with zero attached hydrogens (tertiary/aromatic N) is 3. The largest absolute Gasteiger partial charge is 0.481 e. The van der Waals surface area contributed by atoms with Crippen LogP contribution in [0.5, 0.6) is 5.75 Å². The Kier molecular flexibility index (Phi) is 4.65. The van der Waals surface area contributed by atoms with Crippen LogP contribution in [0.15, 0.2) is 66.9 Å². The average Bonchev–Trinajstić information content (AvgIpc) is 3.21. The first-order chi connectivity index (χ1) is 15.9. The molecule has 33 heavy (non-hydrogen) atoms. The zero-order valence-electron chi connectivity index (χ0n) is 17.0. The number of hydrogen-bond donors (Lipinski definition) is 2. The van der Waals surface area contributed by atoms with E-state index in [4.69, 9.17) is 16.3 Å². The summed E-state index contributed by atoms with van der Waals surface area (Å²) in [4.78, 5) is 16.9. The number of carboxylic acids is 1. The van der Waals surface area contributed by atoms with Crippen molar-refractivity contribution in [3.05, 3.63) is 94.3 Å². The highest BCUT2D eigenvalue weighted by molar-refractivity contribution is 6.30. The number of carbonyl (C=O) groups is 1. The van der Waals surface area contributed by atoms with Crippen molar-refractivity contribution in [1.82, 2.24) is 4.98 Å². The first kappa shape index (κ1) is 21.0. The number of halogens is 1. The van der Waals surface area contributed by atoms with Gasteiger partial charge in [-0.1, -0.05) is 54.1 Å². The first-order valence-corrected chi connectivity index (χ1v) is 10.5. The summed E-state index contributed by atoms with van der Waals surface area (Å²) in [5.74, 6) is -4.69. The second-order valence-electron chi connectivity index (χ2n) is 8.15. The number of aromatic nitrogens is 1. The van der Waals surface area contributed by atoms with E-state index in [1.165, 1.54) is 12.3 Å². The summed E-state index contributed by atoms with van der Waals surface area (Å²) < 4.78 is 6.45. The zero-order chi connectivity index (χ0) is 23.4. The third-order valence-electron chi connectivity index (χ3n) is 6.65. The van der Waals surface area contributed by atoms with Crippen LogP contribution in [0.1, 0.15) is 28.3 Å². The molecular weight excluding hydrogens is 442 g/mol. The lowest BCUT2D eigenvalue weighted by Crippen LogP contribution is -2.50. The summed E-state index contributed by atoms with van der Waals surface area (Å²) in [5, 5.41) is 42.3. The molecule has 0 amide bonds. The molecule has 8 heteroatoms. The standard InChI is InChI=1S/C25H16ClN3O4/c26-17-10-19-22(29-13-17)24(32)18(12-28)20(23(30)31)21(15-4-2-1-3-5-15)25(24,33-19)16-8-6-14(11-27)7-9-16/h1-10,13,18,20-21,32H,(H,30,31)/t18-,20-,21+,24-,25-/m0/s1. The first-order valence-electron chi connectivity index (χ1n) is 10.1.